The molecule has 0 saturated carbocycles. The average molecular weight is 720 g/mol. The van der Waals surface area contributed by atoms with Gasteiger partial charge in [0.1, 0.15) is 11.2 Å². The van der Waals surface area contributed by atoms with Crippen LogP contribution in [0.2, 0.25) is 0 Å². The molecule has 2 nitrogen and oxygen atoms in total. The zero-order valence-electron chi connectivity index (χ0n) is 29.8. The van der Waals surface area contributed by atoms with Crippen molar-refractivity contribution in [2.75, 3.05) is 4.90 Å². The highest BCUT2D eigenvalue weighted by Crippen LogP contribution is 2.47. The highest BCUT2D eigenvalue weighted by Gasteiger charge is 2.22. The van der Waals surface area contributed by atoms with Crippen molar-refractivity contribution in [3.63, 3.8) is 0 Å². The Labute approximate surface area is 322 Å². The third-order valence-corrected chi connectivity index (χ3v) is 12.0. The maximum absolute atomic E-state index is 6.25. The van der Waals surface area contributed by atoms with Crippen molar-refractivity contribution in [2.24, 2.45) is 0 Å². The third-order valence-electron chi connectivity index (χ3n) is 10.9. The molecule has 3 heteroatoms. The molecular formula is C52H33NOS. The summed E-state index contributed by atoms with van der Waals surface area (Å²) in [5, 5.41) is 7.32. The van der Waals surface area contributed by atoms with Gasteiger partial charge in [0.05, 0.1) is 11.4 Å². The first-order chi connectivity index (χ1) is 27.3. The normalized spacial score (nSPS) is 11.6. The highest BCUT2D eigenvalue weighted by atomic mass is 32.1. The van der Waals surface area contributed by atoms with Gasteiger partial charge in [0.2, 0.25) is 0 Å². The molecule has 2 heterocycles. The molecule has 0 unspecified atom stereocenters. The van der Waals surface area contributed by atoms with Crippen LogP contribution < -0.4 is 4.90 Å². The van der Waals surface area contributed by atoms with Crippen molar-refractivity contribution < 1.29 is 4.42 Å². The molecule has 2 aromatic heterocycles. The van der Waals surface area contributed by atoms with E-state index in [2.05, 4.69) is 193 Å². The zero-order valence-corrected chi connectivity index (χ0v) is 30.6. The van der Waals surface area contributed by atoms with Crippen LogP contribution in [0.4, 0.5) is 17.1 Å². The lowest BCUT2D eigenvalue weighted by Crippen LogP contribution is -2.12. The molecule has 0 fully saturated rings. The lowest BCUT2D eigenvalue weighted by atomic mass is 9.94. The Morgan fingerprint density at radius 1 is 0.345 bits per heavy atom. The molecule has 0 radical (unpaired) electrons. The molecular weight excluding hydrogens is 687 g/mol. The van der Waals surface area contributed by atoms with Crippen molar-refractivity contribution in [1.82, 2.24) is 0 Å². The number of anilines is 3. The van der Waals surface area contributed by atoms with Gasteiger partial charge in [-0.05, 0) is 87.6 Å². The Morgan fingerprint density at radius 2 is 0.964 bits per heavy atom. The highest BCUT2D eigenvalue weighted by molar-refractivity contribution is 7.25. The molecule has 0 aliphatic heterocycles. The van der Waals surface area contributed by atoms with E-state index in [1.165, 1.54) is 53.2 Å². The smallest absolute Gasteiger partial charge is 0.135 e. The SMILES string of the molecule is c1cc(-c2ccc3c(c2)sc2ccccc23)cc(N(c2ccccc2-c2ccc3oc4ccccc4c3c2)c2ccccc2-c2cccc3ccccc23)c1. The van der Waals surface area contributed by atoms with Crippen LogP contribution in [0.15, 0.2) is 205 Å². The van der Waals surface area contributed by atoms with Crippen LogP contribution in [0.5, 0.6) is 0 Å². The van der Waals surface area contributed by atoms with Crippen LogP contribution in [0.3, 0.4) is 0 Å². The fourth-order valence-electron chi connectivity index (χ4n) is 8.30. The van der Waals surface area contributed by atoms with Crippen molar-refractivity contribution in [3.05, 3.63) is 200 Å². The van der Waals surface area contributed by atoms with Crippen LogP contribution in [-0.4, -0.2) is 0 Å². The zero-order chi connectivity index (χ0) is 36.3. The number of fused-ring (bicyclic) bond motifs is 7. The van der Waals surface area contributed by atoms with Crippen molar-refractivity contribution >= 4 is 81.3 Å². The minimum atomic E-state index is 0.892. The van der Waals surface area contributed by atoms with Crippen LogP contribution in [0.1, 0.15) is 0 Å². The van der Waals surface area contributed by atoms with Gasteiger partial charge in [0.25, 0.3) is 0 Å². The fraction of sp³-hybridized carbons (Fsp3) is 0. The summed E-state index contributed by atoms with van der Waals surface area (Å²) in [6.07, 6.45) is 0. The number of benzene rings is 9. The summed E-state index contributed by atoms with van der Waals surface area (Å²) in [4.78, 5) is 2.45. The van der Waals surface area contributed by atoms with E-state index in [9.17, 15) is 0 Å². The molecule has 0 saturated heterocycles. The van der Waals surface area contributed by atoms with Crippen molar-refractivity contribution in [3.8, 4) is 33.4 Å². The summed E-state index contributed by atoms with van der Waals surface area (Å²) < 4.78 is 8.87. The van der Waals surface area contributed by atoms with E-state index in [-0.39, 0.29) is 0 Å². The molecule has 11 aromatic rings. The molecule has 258 valence electrons. The average Bonchev–Trinajstić information content (AvgIpc) is 3.82. The second-order valence-corrected chi connectivity index (χ2v) is 15.1. The first-order valence-electron chi connectivity index (χ1n) is 18.7. The first kappa shape index (κ1) is 31.6. The Hall–Kier alpha value is -6.94. The van der Waals surface area contributed by atoms with Gasteiger partial charge in [0, 0.05) is 47.8 Å². The predicted molar refractivity (Wildman–Crippen MR) is 235 cm³/mol. The largest absolute Gasteiger partial charge is 0.456 e. The van der Waals surface area contributed by atoms with Gasteiger partial charge in [-0.25, -0.2) is 0 Å². The van der Waals surface area contributed by atoms with Gasteiger partial charge in [-0.2, -0.15) is 0 Å². The minimum Gasteiger partial charge on any atom is -0.456 e. The van der Waals surface area contributed by atoms with Gasteiger partial charge >= 0.3 is 0 Å². The summed E-state index contributed by atoms with van der Waals surface area (Å²) in [5.74, 6) is 0. The van der Waals surface area contributed by atoms with E-state index in [1.54, 1.807) is 0 Å². The first-order valence-corrected chi connectivity index (χ1v) is 19.5. The number of para-hydroxylation sites is 3. The molecule has 0 N–H and O–H groups in total. The molecule has 0 amide bonds. The summed E-state index contributed by atoms with van der Waals surface area (Å²) in [7, 11) is 0. The Morgan fingerprint density at radius 3 is 1.87 bits per heavy atom. The van der Waals surface area contributed by atoms with Crippen molar-refractivity contribution in [1.29, 1.82) is 0 Å². The minimum absolute atomic E-state index is 0.892. The maximum Gasteiger partial charge on any atom is 0.135 e. The molecule has 0 bridgehead atoms. The Balaban J connectivity index is 1.14. The van der Waals surface area contributed by atoms with Gasteiger partial charge in [-0.15, -0.1) is 11.3 Å². The van der Waals surface area contributed by atoms with E-state index >= 15 is 0 Å². The van der Waals surface area contributed by atoms with Crippen LogP contribution in [-0.2, 0) is 0 Å². The van der Waals surface area contributed by atoms with Gasteiger partial charge in [0.15, 0.2) is 0 Å². The Bertz CT molecular complexity index is 3240. The van der Waals surface area contributed by atoms with E-state index in [1.807, 2.05) is 23.5 Å². The molecule has 0 aliphatic rings. The van der Waals surface area contributed by atoms with E-state index in [0.29, 0.717) is 0 Å². The van der Waals surface area contributed by atoms with Crippen molar-refractivity contribution in [2.45, 2.75) is 0 Å². The third kappa shape index (κ3) is 5.32. The van der Waals surface area contributed by atoms with Crippen LogP contribution >= 0.6 is 11.3 Å². The molecule has 0 atom stereocenters. The number of nitrogens with zero attached hydrogens (tertiary/aromatic N) is 1. The fourth-order valence-corrected chi connectivity index (χ4v) is 9.45. The summed E-state index contributed by atoms with van der Waals surface area (Å²) in [6, 6.07) is 72.4. The topological polar surface area (TPSA) is 16.4 Å². The van der Waals surface area contributed by atoms with Gasteiger partial charge in [-0.1, -0.05) is 146 Å². The molecule has 55 heavy (non-hydrogen) atoms. The van der Waals surface area contributed by atoms with E-state index in [4.69, 9.17) is 4.42 Å². The lowest BCUT2D eigenvalue weighted by Gasteiger charge is -2.30. The Kier molecular flexibility index (Phi) is 7.39. The summed E-state index contributed by atoms with van der Waals surface area (Å²) >= 11 is 1.86. The maximum atomic E-state index is 6.25. The molecule has 11 rings (SSSR count). The predicted octanol–water partition coefficient (Wildman–Crippen LogP) is 15.6. The summed E-state index contributed by atoms with van der Waals surface area (Å²) in [6.45, 7) is 0. The standard InChI is InChI=1S/C52H33NOS/c1-2-17-39-34(13-1)14-12-22-41(39)42-19-4-8-24-48(42)53(38-16-11-15-35(31-38)36-27-29-45-44-21-6-10-26-51(44)55-52(45)33-36)47-23-7-3-18-40(47)37-28-30-50-46(32-37)43-20-5-9-25-49(43)54-50/h1-33H. The lowest BCUT2D eigenvalue weighted by molar-refractivity contribution is 0.669. The molecule has 0 spiro atoms. The van der Waals surface area contributed by atoms with E-state index < -0.39 is 0 Å². The quantitative estimate of drug-likeness (QED) is 0.170. The number of thiophene rings is 1. The number of hydrogen-bond acceptors (Lipinski definition) is 3. The van der Waals surface area contributed by atoms with Crippen LogP contribution in [0, 0.1) is 0 Å². The number of hydrogen-bond donors (Lipinski definition) is 0. The second kappa shape index (κ2) is 12.9. The monoisotopic (exact) mass is 719 g/mol. The van der Waals surface area contributed by atoms with Gasteiger partial charge < -0.3 is 9.32 Å². The number of rotatable bonds is 6. The van der Waals surface area contributed by atoms with E-state index in [0.717, 1.165) is 50.1 Å². The second-order valence-electron chi connectivity index (χ2n) is 14.1. The molecule has 0 aliphatic carbocycles. The van der Waals surface area contributed by atoms with Gasteiger partial charge in [-0.3, -0.25) is 0 Å². The number of furan rings is 1. The van der Waals surface area contributed by atoms with Crippen LogP contribution in [0.25, 0.3) is 86.3 Å². The summed E-state index contributed by atoms with van der Waals surface area (Å²) in [5.41, 5.74) is 12.1. The molecule has 9 aromatic carbocycles.